The summed E-state index contributed by atoms with van der Waals surface area (Å²) in [5.41, 5.74) is 6.40. The number of nitrogens with two attached hydrogens (primary N) is 1. The van der Waals surface area contributed by atoms with Crippen molar-refractivity contribution in [2.75, 3.05) is 6.54 Å². The standard InChI is InChI=1S/C12H24N2/c1-12(2)8-3-9-14(12)11-6-4-10(13)5-7-11/h10-11H,3-9,13H2,1-2H3. The average molecular weight is 196 g/mol. The Morgan fingerprint density at radius 3 is 2.29 bits per heavy atom. The Morgan fingerprint density at radius 2 is 1.79 bits per heavy atom. The molecule has 2 fully saturated rings. The summed E-state index contributed by atoms with van der Waals surface area (Å²) in [5, 5.41) is 0. The fraction of sp³-hybridized carbons (Fsp3) is 1.00. The van der Waals surface area contributed by atoms with Crippen LogP contribution in [0.4, 0.5) is 0 Å². The molecule has 82 valence electrons. The molecule has 0 aromatic rings. The van der Waals surface area contributed by atoms with Gasteiger partial charge in [-0.2, -0.15) is 0 Å². The molecule has 2 N–H and O–H groups in total. The summed E-state index contributed by atoms with van der Waals surface area (Å²) in [6, 6.07) is 1.31. The maximum atomic E-state index is 5.94. The van der Waals surface area contributed by atoms with E-state index in [0.717, 1.165) is 6.04 Å². The van der Waals surface area contributed by atoms with E-state index in [9.17, 15) is 0 Å². The van der Waals surface area contributed by atoms with Crippen LogP contribution in [-0.2, 0) is 0 Å². The van der Waals surface area contributed by atoms with Gasteiger partial charge in [0.05, 0.1) is 0 Å². The van der Waals surface area contributed by atoms with Crippen molar-refractivity contribution in [1.82, 2.24) is 4.90 Å². The predicted octanol–water partition coefficient (Wildman–Crippen LogP) is 2.13. The molecule has 1 saturated carbocycles. The minimum absolute atomic E-state index is 0.450. The quantitative estimate of drug-likeness (QED) is 0.696. The van der Waals surface area contributed by atoms with Crippen LogP contribution in [0.15, 0.2) is 0 Å². The molecule has 0 aromatic heterocycles. The lowest BCUT2D eigenvalue weighted by Crippen LogP contribution is -2.48. The first-order valence-electron chi connectivity index (χ1n) is 6.12. The minimum atomic E-state index is 0.450. The number of likely N-dealkylation sites (tertiary alicyclic amines) is 1. The zero-order valence-corrected chi connectivity index (χ0v) is 9.63. The lowest BCUT2D eigenvalue weighted by Gasteiger charge is -2.41. The topological polar surface area (TPSA) is 29.3 Å². The Hall–Kier alpha value is -0.0800. The van der Waals surface area contributed by atoms with Crippen molar-refractivity contribution in [2.24, 2.45) is 5.73 Å². The molecule has 1 saturated heterocycles. The second kappa shape index (κ2) is 3.82. The fourth-order valence-corrected chi connectivity index (χ4v) is 3.22. The van der Waals surface area contributed by atoms with E-state index in [1.807, 2.05) is 0 Å². The van der Waals surface area contributed by atoms with E-state index >= 15 is 0 Å². The number of hydrogen-bond acceptors (Lipinski definition) is 2. The van der Waals surface area contributed by atoms with Crippen LogP contribution < -0.4 is 5.73 Å². The van der Waals surface area contributed by atoms with E-state index < -0.39 is 0 Å². The molecule has 2 nitrogen and oxygen atoms in total. The number of rotatable bonds is 1. The summed E-state index contributed by atoms with van der Waals surface area (Å²) in [6.45, 7) is 6.11. The molecule has 0 atom stereocenters. The molecule has 0 aromatic carbocycles. The largest absolute Gasteiger partial charge is 0.328 e. The Bertz CT molecular complexity index is 192. The van der Waals surface area contributed by atoms with Crippen molar-refractivity contribution in [3.05, 3.63) is 0 Å². The highest BCUT2D eigenvalue weighted by Crippen LogP contribution is 2.34. The highest BCUT2D eigenvalue weighted by atomic mass is 15.2. The molecule has 0 amide bonds. The fourth-order valence-electron chi connectivity index (χ4n) is 3.22. The third-order valence-electron chi connectivity index (χ3n) is 4.15. The van der Waals surface area contributed by atoms with Crippen molar-refractivity contribution >= 4 is 0 Å². The van der Waals surface area contributed by atoms with Gasteiger partial charge in [0, 0.05) is 17.6 Å². The maximum absolute atomic E-state index is 5.94. The lowest BCUT2D eigenvalue weighted by molar-refractivity contribution is 0.0860. The van der Waals surface area contributed by atoms with Gasteiger partial charge in [0.25, 0.3) is 0 Å². The van der Waals surface area contributed by atoms with Crippen LogP contribution >= 0.6 is 0 Å². The third kappa shape index (κ3) is 1.96. The first-order valence-corrected chi connectivity index (χ1v) is 6.12. The van der Waals surface area contributed by atoms with Gasteiger partial charge in [0.1, 0.15) is 0 Å². The molecule has 0 spiro atoms. The zero-order chi connectivity index (χ0) is 10.2. The van der Waals surface area contributed by atoms with Crippen LogP contribution in [0.1, 0.15) is 52.4 Å². The van der Waals surface area contributed by atoms with Gasteiger partial charge in [-0.1, -0.05) is 0 Å². The highest BCUT2D eigenvalue weighted by molar-refractivity contribution is 4.93. The van der Waals surface area contributed by atoms with E-state index in [0.29, 0.717) is 11.6 Å². The summed E-state index contributed by atoms with van der Waals surface area (Å²) in [5.74, 6) is 0. The first kappa shape index (κ1) is 10.4. The molecule has 14 heavy (non-hydrogen) atoms. The second-order valence-corrected chi connectivity index (χ2v) is 5.68. The summed E-state index contributed by atoms with van der Waals surface area (Å²) < 4.78 is 0. The van der Waals surface area contributed by atoms with E-state index in [1.165, 1.54) is 45.1 Å². The van der Waals surface area contributed by atoms with Crippen LogP contribution in [0.3, 0.4) is 0 Å². The SMILES string of the molecule is CC1(C)CCCN1C1CCC(N)CC1. The monoisotopic (exact) mass is 196 g/mol. The molecule has 1 aliphatic carbocycles. The Kier molecular flexibility index (Phi) is 2.85. The Labute approximate surface area is 87.8 Å². The van der Waals surface area contributed by atoms with Gasteiger partial charge in [0.2, 0.25) is 0 Å². The Morgan fingerprint density at radius 1 is 1.14 bits per heavy atom. The molecular formula is C12H24N2. The smallest absolute Gasteiger partial charge is 0.0156 e. The minimum Gasteiger partial charge on any atom is -0.328 e. The molecule has 2 aliphatic rings. The van der Waals surface area contributed by atoms with Gasteiger partial charge >= 0.3 is 0 Å². The van der Waals surface area contributed by atoms with Gasteiger partial charge in [-0.25, -0.2) is 0 Å². The van der Waals surface area contributed by atoms with Crippen LogP contribution in [0, 0.1) is 0 Å². The lowest BCUT2D eigenvalue weighted by atomic mass is 9.88. The van der Waals surface area contributed by atoms with Gasteiger partial charge in [-0.15, -0.1) is 0 Å². The van der Waals surface area contributed by atoms with E-state index in [1.54, 1.807) is 0 Å². The molecule has 0 bridgehead atoms. The second-order valence-electron chi connectivity index (χ2n) is 5.68. The van der Waals surface area contributed by atoms with Crippen molar-refractivity contribution in [2.45, 2.75) is 70.0 Å². The zero-order valence-electron chi connectivity index (χ0n) is 9.63. The average Bonchev–Trinajstić information content (AvgIpc) is 2.47. The maximum Gasteiger partial charge on any atom is 0.0156 e. The normalized spacial score (nSPS) is 38.8. The highest BCUT2D eigenvalue weighted by Gasteiger charge is 2.37. The van der Waals surface area contributed by atoms with Gasteiger partial charge in [-0.3, -0.25) is 4.90 Å². The molecule has 0 unspecified atom stereocenters. The molecule has 0 radical (unpaired) electrons. The van der Waals surface area contributed by atoms with Crippen LogP contribution in [-0.4, -0.2) is 29.1 Å². The van der Waals surface area contributed by atoms with Gasteiger partial charge in [-0.05, 0) is 58.9 Å². The Balaban J connectivity index is 1.95. The van der Waals surface area contributed by atoms with Crippen molar-refractivity contribution in [3.8, 4) is 0 Å². The van der Waals surface area contributed by atoms with Crippen LogP contribution in [0.2, 0.25) is 0 Å². The van der Waals surface area contributed by atoms with Crippen molar-refractivity contribution in [1.29, 1.82) is 0 Å². The third-order valence-corrected chi connectivity index (χ3v) is 4.15. The van der Waals surface area contributed by atoms with E-state index in [4.69, 9.17) is 5.73 Å². The summed E-state index contributed by atoms with van der Waals surface area (Å²) in [4.78, 5) is 2.74. The van der Waals surface area contributed by atoms with Crippen LogP contribution in [0.5, 0.6) is 0 Å². The van der Waals surface area contributed by atoms with Crippen LogP contribution in [0.25, 0.3) is 0 Å². The molecule has 2 heteroatoms. The molecule has 2 rings (SSSR count). The van der Waals surface area contributed by atoms with E-state index in [-0.39, 0.29) is 0 Å². The summed E-state index contributed by atoms with van der Waals surface area (Å²) in [6.07, 6.45) is 7.87. The first-order chi connectivity index (χ1) is 6.59. The van der Waals surface area contributed by atoms with Gasteiger partial charge < -0.3 is 5.73 Å². The van der Waals surface area contributed by atoms with Gasteiger partial charge in [0.15, 0.2) is 0 Å². The van der Waals surface area contributed by atoms with E-state index in [2.05, 4.69) is 18.7 Å². The molecule has 1 aliphatic heterocycles. The number of hydrogen-bond donors (Lipinski definition) is 1. The number of nitrogens with zero attached hydrogens (tertiary/aromatic N) is 1. The molecule has 1 heterocycles. The van der Waals surface area contributed by atoms with Crippen molar-refractivity contribution < 1.29 is 0 Å². The summed E-state index contributed by atoms with van der Waals surface area (Å²) in [7, 11) is 0. The predicted molar refractivity (Wildman–Crippen MR) is 60.3 cm³/mol. The summed E-state index contributed by atoms with van der Waals surface area (Å²) >= 11 is 0. The molecular weight excluding hydrogens is 172 g/mol. The van der Waals surface area contributed by atoms with Crippen molar-refractivity contribution in [3.63, 3.8) is 0 Å².